The molecule has 2 rings (SSSR count). The van der Waals surface area contributed by atoms with Crippen LogP contribution in [0.5, 0.6) is 0 Å². The first-order valence-electron chi connectivity index (χ1n) is 9.96. The van der Waals surface area contributed by atoms with E-state index in [0.717, 1.165) is 0 Å². The molecule has 0 amide bonds. The summed E-state index contributed by atoms with van der Waals surface area (Å²) in [6.45, 7) is 25.2. The molecule has 0 fully saturated rings. The molecule has 27 heavy (non-hydrogen) atoms. The van der Waals surface area contributed by atoms with Gasteiger partial charge in [-0.15, -0.1) is 5.10 Å². The van der Waals surface area contributed by atoms with Crippen LogP contribution in [0.3, 0.4) is 0 Å². The maximum atomic E-state index is 4.05. The maximum Gasteiger partial charge on any atom is 0.234 e. The Labute approximate surface area is 168 Å². The van der Waals surface area contributed by atoms with E-state index in [1.54, 1.807) is 5.10 Å². The molecule has 2 aromatic rings. The minimum atomic E-state index is -1.57. The summed E-state index contributed by atoms with van der Waals surface area (Å²) >= 11 is 0. The predicted molar refractivity (Wildman–Crippen MR) is 128 cm³/mol. The van der Waals surface area contributed by atoms with Crippen LogP contribution in [0.25, 0.3) is 0 Å². The molecule has 2 heteroatoms. The maximum absolute atomic E-state index is 4.05. The minimum absolute atomic E-state index is 0.302. The monoisotopic (exact) mass is 374 g/mol. The molecular formula is C25H35BSi. The van der Waals surface area contributed by atoms with E-state index in [-0.39, 0.29) is 0 Å². The molecule has 0 saturated carbocycles. The summed E-state index contributed by atoms with van der Waals surface area (Å²) in [5, 5.41) is 1.56. The van der Waals surface area contributed by atoms with Gasteiger partial charge in [0, 0.05) is 0 Å². The molecule has 0 aliphatic rings. The largest absolute Gasteiger partial charge is 0.234 e. The van der Waals surface area contributed by atoms with Gasteiger partial charge >= 0.3 is 0 Å². The van der Waals surface area contributed by atoms with Gasteiger partial charge in [0.2, 0.25) is 6.71 Å². The molecule has 0 unspecified atom stereocenters. The number of allylic oxidation sites excluding steroid dienone is 2. The number of hydrogen-bond acceptors (Lipinski definition) is 0. The van der Waals surface area contributed by atoms with Crippen LogP contribution in [-0.4, -0.2) is 14.8 Å². The van der Waals surface area contributed by atoms with Crippen molar-refractivity contribution in [2.75, 3.05) is 0 Å². The van der Waals surface area contributed by atoms with Crippen molar-refractivity contribution in [2.24, 2.45) is 0 Å². The molecule has 142 valence electrons. The second-order valence-electron chi connectivity index (χ2n) is 9.17. The number of aryl methyl sites for hydroxylation is 6. The van der Waals surface area contributed by atoms with E-state index in [1.165, 1.54) is 44.3 Å². The fraction of sp³-hybridized carbons (Fsp3) is 0.360. The van der Waals surface area contributed by atoms with E-state index in [9.17, 15) is 0 Å². The van der Waals surface area contributed by atoms with E-state index < -0.39 is 8.07 Å². The van der Waals surface area contributed by atoms with Gasteiger partial charge in [0.15, 0.2) is 0 Å². The molecule has 0 bridgehead atoms. The molecule has 0 aliphatic carbocycles. The van der Waals surface area contributed by atoms with Crippen LogP contribution in [-0.2, 0) is 0 Å². The lowest BCUT2D eigenvalue weighted by Gasteiger charge is -2.32. The average molecular weight is 374 g/mol. The van der Waals surface area contributed by atoms with Gasteiger partial charge in [-0.2, -0.15) is 0 Å². The van der Waals surface area contributed by atoms with Gasteiger partial charge in [-0.25, -0.2) is 0 Å². The smallest absolute Gasteiger partial charge is 0.101 e. The third-order valence-corrected chi connectivity index (χ3v) is 7.72. The average Bonchev–Trinajstić information content (AvgIpc) is 2.48. The zero-order chi connectivity index (χ0) is 20.5. The lowest BCUT2D eigenvalue weighted by Crippen LogP contribution is -2.54. The highest BCUT2D eigenvalue weighted by atomic mass is 28.3. The Morgan fingerprint density at radius 3 is 1.33 bits per heavy atom. The standard InChI is InChI=1S/C25H35BSi/c1-11-12-23(27(8,9)10)26(24-19(4)13-17(2)14-20(24)5)25-21(6)15-18(3)16-22(25)7/h11-16H,1H2,2-10H3/b23-12+. The lowest BCUT2D eigenvalue weighted by molar-refractivity contribution is 1.34. The molecule has 2 aromatic carbocycles. The highest BCUT2D eigenvalue weighted by molar-refractivity contribution is 7.08. The number of benzene rings is 2. The molecule has 0 nitrogen and oxygen atoms in total. The van der Waals surface area contributed by atoms with Crippen molar-refractivity contribution in [3.63, 3.8) is 0 Å². The van der Waals surface area contributed by atoms with E-state index in [0.29, 0.717) is 6.71 Å². The van der Waals surface area contributed by atoms with Gasteiger partial charge in [0.1, 0.15) is 0 Å². The van der Waals surface area contributed by atoms with Crippen molar-refractivity contribution in [1.29, 1.82) is 0 Å². The quantitative estimate of drug-likeness (QED) is 0.467. The summed E-state index contributed by atoms with van der Waals surface area (Å²) in [4.78, 5) is 0. The van der Waals surface area contributed by atoms with Gasteiger partial charge in [-0.05, 0) is 41.5 Å². The van der Waals surface area contributed by atoms with Gasteiger partial charge in [0.25, 0.3) is 0 Å². The zero-order valence-electron chi connectivity index (χ0n) is 18.7. The molecule has 0 aliphatic heterocycles. The van der Waals surface area contributed by atoms with Gasteiger partial charge < -0.3 is 0 Å². The van der Waals surface area contributed by atoms with Crippen LogP contribution in [0, 0.1) is 41.5 Å². The van der Waals surface area contributed by atoms with Crippen molar-refractivity contribution < 1.29 is 0 Å². The summed E-state index contributed by atoms with van der Waals surface area (Å²) in [5.41, 5.74) is 11.2. The van der Waals surface area contributed by atoms with E-state index in [4.69, 9.17) is 0 Å². The first-order chi connectivity index (χ1) is 12.5. The molecule has 0 radical (unpaired) electrons. The molecule has 0 aromatic heterocycles. The van der Waals surface area contributed by atoms with E-state index in [2.05, 4.69) is 98.1 Å². The summed E-state index contributed by atoms with van der Waals surface area (Å²) in [6.07, 6.45) is 4.28. The Balaban J connectivity index is 2.95. The Hall–Kier alpha value is -1.80. The van der Waals surface area contributed by atoms with E-state index in [1.807, 2.05) is 6.08 Å². The third kappa shape index (κ3) is 4.55. The summed E-state index contributed by atoms with van der Waals surface area (Å²) in [5.74, 6) is 0. The highest BCUT2D eigenvalue weighted by Crippen LogP contribution is 2.23. The number of hydrogen-bond donors (Lipinski definition) is 0. The van der Waals surface area contributed by atoms with Crippen LogP contribution in [0.4, 0.5) is 0 Å². The Bertz CT molecular complexity index is 794. The van der Waals surface area contributed by atoms with Crippen LogP contribution in [0.1, 0.15) is 33.4 Å². The molecule has 0 saturated heterocycles. The second-order valence-corrected chi connectivity index (χ2v) is 14.2. The van der Waals surface area contributed by atoms with Crippen LogP contribution in [0.15, 0.2) is 48.1 Å². The summed E-state index contributed by atoms with van der Waals surface area (Å²) < 4.78 is 0. The lowest BCUT2D eigenvalue weighted by atomic mass is 9.37. The predicted octanol–water partition coefficient (Wildman–Crippen LogP) is 5.68. The molecule has 0 N–H and O–H groups in total. The van der Waals surface area contributed by atoms with E-state index >= 15 is 0 Å². The Morgan fingerprint density at radius 1 is 0.741 bits per heavy atom. The summed E-state index contributed by atoms with van der Waals surface area (Å²) in [6, 6.07) is 9.35. The fourth-order valence-corrected chi connectivity index (χ4v) is 6.43. The first-order valence-corrected chi connectivity index (χ1v) is 13.5. The second kappa shape index (κ2) is 8.06. The topological polar surface area (TPSA) is 0 Å². The number of rotatable bonds is 5. The third-order valence-electron chi connectivity index (χ3n) is 5.53. The van der Waals surface area contributed by atoms with Gasteiger partial charge in [-0.1, -0.05) is 107 Å². The Kier molecular flexibility index (Phi) is 6.42. The minimum Gasteiger partial charge on any atom is -0.101 e. The normalized spacial score (nSPS) is 12.3. The molecule has 0 spiro atoms. The first kappa shape index (κ1) is 21.5. The zero-order valence-corrected chi connectivity index (χ0v) is 19.7. The molecular weight excluding hydrogens is 339 g/mol. The SMILES string of the molecule is C=C/C=C(\B(c1c(C)cc(C)cc1C)c1c(C)cc(C)cc1C)[Si](C)(C)C. The van der Waals surface area contributed by atoms with Crippen molar-refractivity contribution in [2.45, 2.75) is 61.2 Å². The van der Waals surface area contributed by atoms with Gasteiger partial charge in [0.05, 0.1) is 8.07 Å². The van der Waals surface area contributed by atoms with Crippen molar-refractivity contribution >= 4 is 25.7 Å². The van der Waals surface area contributed by atoms with Crippen LogP contribution >= 0.6 is 0 Å². The highest BCUT2D eigenvalue weighted by Gasteiger charge is 2.35. The fourth-order valence-electron chi connectivity index (χ4n) is 4.65. The summed E-state index contributed by atoms with van der Waals surface area (Å²) in [7, 11) is -1.57. The van der Waals surface area contributed by atoms with Crippen molar-refractivity contribution in [3.8, 4) is 0 Å². The molecule has 0 atom stereocenters. The van der Waals surface area contributed by atoms with Crippen molar-refractivity contribution in [3.05, 3.63) is 81.5 Å². The van der Waals surface area contributed by atoms with Crippen LogP contribution < -0.4 is 10.9 Å². The van der Waals surface area contributed by atoms with Gasteiger partial charge in [-0.3, -0.25) is 0 Å². The van der Waals surface area contributed by atoms with Crippen molar-refractivity contribution in [1.82, 2.24) is 0 Å². The Morgan fingerprint density at radius 2 is 1.07 bits per heavy atom. The van der Waals surface area contributed by atoms with Crippen LogP contribution in [0.2, 0.25) is 19.6 Å². The molecule has 0 heterocycles.